The van der Waals surface area contributed by atoms with Crippen LogP contribution in [0.15, 0.2) is 18.2 Å². The molecule has 3 nitrogen and oxygen atoms in total. The van der Waals surface area contributed by atoms with E-state index in [2.05, 4.69) is 19.2 Å². The predicted octanol–water partition coefficient (Wildman–Crippen LogP) is 3.03. The standard InChI is InChI=1S/C13H17ClN2O/c1-13(2,5-6-17)9-16-12-4-3-10(8-15)7-11(12)14/h3-4,7,16-17H,5-6,9H2,1-2H3. The SMILES string of the molecule is CC(C)(CCO)CNc1ccc(C#N)cc1Cl. The molecule has 17 heavy (non-hydrogen) atoms. The summed E-state index contributed by atoms with van der Waals surface area (Å²) in [6.07, 6.45) is 0.730. The Kier molecular flexibility index (Phi) is 4.80. The number of aliphatic hydroxyl groups excluding tert-OH is 1. The molecular formula is C13H17ClN2O. The fourth-order valence-corrected chi connectivity index (χ4v) is 1.70. The van der Waals surface area contributed by atoms with Crippen molar-refractivity contribution in [1.82, 2.24) is 0 Å². The van der Waals surface area contributed by atoms with Crippen LogP contribution in [0.2, 0.25) is 5.02 Å². The maximum atomic E-state index is 8.93. The minimum atomic E-state index is 0.00593. The summed E-state index contributed by atoms with van der Waals surface area (Å²) in [4.78, 5) is 0. The molecule has 0 bridgehead atoms. The first-order valence-corrected chi connectivity index (χ1v) is 5.91. The molecule has 92 valence electrons. The third kappa shape index (κ3) is 4.26. The third-order valence-electron chi connectivity index (χ3n) is 2.64. The molecule has 0 radical (unpaired) electrons. The highest BCUT2D eigenvalue weighted by atomic mass is 35.5. The van der Waals surface area contributed by atoms with Gasteiger partial charge in [0.05, 0.1) is 22.3 Å². The van der Waals surface area contributed by atoms with E-state index in [9.17, 15) is 0 Å². The van der Waals surface area contributed by atoms with Gasteiger partial charge in [-0.05, 0) is 30.0 Å². The largest absolute Gasteiger partial charge is 0.396 e. The summed E-state index contributed by atoms with van der Waals surface area (Å²) < 4.78 is 0. The number of aliphatic hydroxyl groups is 1. The van der Waals surface area contributed by atoms with Crippen LogP contribution >= 0.6 is 11.6 Å². The average molecular weight is 253 g/mol. The second-order valence-corrected chi connectivity index (χ2v) is 5.21. The Morgan fingerprint density at radius 3 is 2.71 bits per heavy atom. The molecular weight excluding hydrogens is 236 g/mol. The van der Waals surface area contributed by atoms with Crippen molar-refractivity contribution in [1.29, 1.82) is 5.26 Å². The molecule has 0 unspecified atom stereocenters. The molecule has 0 amide bonds. The summed E-state index contributed by atoms with van der Waals surface area (Å²) in [6.45, 7) is 5.05. The van der Waals surface area contributed by atoms with Crippen molar-refractivity contribution in [3.63, 3.8) is 0 Å². The lowest BCUT2D eigenvalue weighted by Crippen LogP contribution is -2.24. The first kappa shape index (κ1) is 13.8. The molecule has 1 rings (SSSR count). The van der Waals surface area contributed by atoms with Gasteiger partial charge in [-0.3, -0.25) is 0 Å². The van der Waals surface area contributed by atoms with E-state index in [0.29, 0.717) is 10.6 Å². The van der Waals surface area contributed by atoms with Crippen LogP contribution in [-0.2, 0) is 0 Å². The Labute approximate surface area is 107 Å². The maximum Gasteiger partial charge on any atom is 0.0992 e. The van der Waals surface area contributed by atoms with Gasteiger partial charge >= 0.3 is 0 Å². The van der Waals surface area contributed by atoms with Gasteiger partial charge in [0.15, 0.2) is 0 Å². The molecule has 0 heterocycles. The number of hydrogen-bond acceptors (Lipinski definition) is 3. The summed E-state index contributed by atoms with van der Waals surface area (Å²) in [7, 11) is 0. The van der Waals surface area contributed by atoms with Crippen molar-refractivity contribution in [3.8, 4) is 6.07 Å². The van der Waals surface area contributed by atoms with Crippen LogP contribution in [0.3, 0.4) is 0 Å². The minimum absolute atomic E-state index is 0.00593. The molecule has 0 saturated heterocycles. The molecule has 0 atom stereocenters. The van der Waals surface area contributed by atoms with E-state index in [1.165, 1.54) is 0 Å². The number of benzene rings is 1. The zero-order chi connectivity index (χ0) is 12.9. The topological polar surface area (TPSA) is 56.0 Å². The van der Waals surface area contributed by atoms with E-state index < -0.39 is 0 Å². The van der Waals surface area contributed by atoms with Gasteiger partial charge in [0.1, 0.15) is 0 Å². The zero-order valence-electron chi connectivity index (χ0n) is 10.1. The van der Waals surface area contributed by atoms with Crippen LogP contribution in [-0.4, -0.2) is 18.3 Å². The summed E-state index contributed by atoms with van der Waals surface area (Å²) >= 11 is 6.05. The number of nitrogens with one attached hydrogen (secondary N) is 1. The van der Waals surface area contributed by atoms with Crippen molar-refractivity contribution < 1.29 is 5.11 Å². The number of halogens is 1. The molecule has 0 aliphatic carbocycles. The Morgan fingerprint density at radius 2 is 2.18 bits per heavy atom. The van der Waals surface area contributed by atoms with E-state index in [1.54, 1.807) is 18.2 Å². The first-order valence-electron chi connectivity index (χ1n) is 5.53. The van der Waals surface area contributed by atoms with Crippen molar-refractivity contribution >= 4 is 17.3 Å². The van der Waals surface area contributed by atoms with Crippen LogP contribution in [0, 0.1) is 16.7 Å². The first-order chi connectivity index (χ1) is 7.98. The van der Waals surface area contributed by atoms with Crippen molar-refractivity contribution in [2.75, 3.05) is 18.5 Å². The lowest BCUT2D eigenvalue weighted by atomic mass is 9.89. The summed E-state index contributed by atoms with van der Waals surface area (Å²) in [5.41, 5.74) is 1.37. The third-order valence-corrected chi connectivity index (χ3v) is 2.96. The van der Waals surface area contributed by atoms with Gasteiger partial charge in [0.2, 0.25) is 0 Å². The highest BCUT2D eigenvalue weighted by Gasteiger charge is 2.17. The van der Waals surface area contributed by atoms with E-state index in [0.717, 1.165) is 18.7 Å². The molecule has 0 spiro atoms. The molecule has 2 N–H and O–H groups in total. The average Bonchev–Trinajstić information content (AvgIpc) is 2.27. The van der Waals surface area contributed by atoms with Gasteiger partial charge in [0.25, 0.3) is 0 Å². The monoisotopic (exact) mass is 252 g/mol. The van der Waals surface area contributed by atoms with Gasteiger partial charge in [0, 0.05) is 13.2 Å². The quantitative estimate of drug-likeness (QED) is 0.847. The van der Waals surface area contributed by atoms with Gasteiger partial charge in [-0.1, -0.05) is 25.4 Å². The van der Waals surface area contributed by atoms with Crippen LogP contribution in [0.5, 0.6) is 0 Å². The number of nitrogens with zero attached hydrogens (tertiary/aromatic N) is 1. The smallest absolute Gasteiger partial charge is 0.0992 e. The fraction of sp³-hybridized carbons (Fsp3) is 0.462. The maximum absolute atomic E-state index is 8.93. The second kappa shape index (κ2) is 5.90. The zero-order valence-corrected chi connectivity index (χ0v) is 10.9. The van der Waals surface area contributed by atoms with Gasteiger partial charge in [-0.25, -0.2) is 0 Å². The Morgan fingerprint density at radius 1 is 1.47 bits per heavy atom. The van der Waals surface area contributed by atoms with Crippen LogP contribution in [0.25, 0.3) is 0 Å². The predicted molar refractivity (Wildman–Crippen MR) is 70.1 cm³/mol. The molecule has 4 heteroatoms. The van der Waals surface area contributed by atoms with E-state index in [-0.39, 0.29) is 12.0 Å². The van der Waals surface area contributed by atoms with Crippen molar-refractivity contribution in [2.24, 2.45) is 5.41 Å². The van der Waals surface area contributed by atoms with E-state index in [4.69, 9.17) is 22.0 Å². The molecule has 0 saturated carbocycles. The summed E-state index contributed by atoms with van der Waals surface area (Å²) in [5, 5.41) is 21.4. The number of rotatable bonds is 5. The highest BCUT2D eigenvalue weighted by molar-refractivity contribution is 6.33. The Balaban J connectivity index is 2.67. The molecule has 0 fully saturated rings. The molecule has 0 aliphatic rings. The van der Waals surface area contributed by atoms with E-state index in [1.807, 2.05) is 6.07 Å². The molecule has 1 aromatic carbocycles. The van der Waals surface area contributed by atoms with Gasteiger partial charge in [-0.15, -0.1) is 0 Å². The highest BCUT2D eigenvalue weighted by Crippen LogP contribution is 2.26. The minimum Gasteiger partial charge on any atom is -0.396 e. The van der Waals surface area contributed by atoms with E-state index >= 15 is 0 Å². The summed E-state index contributed by atoms with van der Waals surface area (Å²) in [5.74, 6) is 0. The van der Waals surface area contributed by atoms with Crippen LogP contribution in [0.4, 0.5) is 5.69 Å². The number of hydrogen-bond donors (Lipinski definition) is 2. The molecule has 1 aromatic rings. The Hall–Kier alpha value is -1.24. The normalized spacial score (nSPS) is 11.0. The van der Waals surface area contributed by atoms with Gasteiger partial charge < -0.3 is 10.4 Å². The summed E-state index contributed by atoms with van der Waals surface area (Å²) in [6, 6.07) is 7.22. The number of anilines is 1. The number of nitriles is 1. The van der Waals surface area contributed by atoms with Crippen LogP contribution < -0.4 is 5.32 Å². The lowest BCUT2D eigenvalue weighted by Gasteiger charge is -2.24. The van der Waals surface area contributed by atoms with Gasteiger partial charge in [-0.2, -0.15) is 5.26 Å². The fourth-order valence-electron chi connectivity index (χ4n) is 1.45. The van der Waals surface area contributed by atoms with Crippen molar-refractivity contribution in [2.45, 2.75) is 20.3 Å². The Bertz CT molecular complexity index is 424. The molecule has 0 aromatic heterocycles. The molecule has 0 aliphatic heterocycles. The van der Waals surface area contributed by atoms with Crippen LogP contribution in [0.1, 0.15) is 25.8 Å². The lowest BCUT2D eigenvalue weighted by molar-refractivity contribution is 0.220. The van der Waals surface area contributed by atoms with Crippen molar-refractivity contribution in [3.05, 3.63) is 28.8 Å². The second-order valence-electron chi connectivity index (χ2n) is 4.80.